The number of anilines is 1. The lowest BCUT2D eigenvalue weighted by atomic mass is 10.1. The van der Waals surface area contributed by atoms with Crippen LogP contribution in [-0.4, -0.2) is 39.2 Å². The summed E-state index contributed by atoms with van der Waals surface area (Å²) in [4.78, 5) is 12.8. The average molecular weight is 537 g/mol. The highest BCUT2D eigenvalue weighted by atomic mass is 32.2. The van der Waals surface area contributed by atoms with Crippen molar-refractivity contribution in [3.05, 3.63) is 108 Å². The normalized spacial score (nSPS) is 11.9. The molecule has 1 heterocycles. The third-order valence-electron chi connectivity index (χ3n) is 6.10. The topological polar surface area (TPSA) is 93.4 Å². The van der Waals surface area contributed by atoms with E-state index in [1.165, 1.54) is 11.8 Å². The number of carbonyl (C=O) groups is 1. The van der Waals surface area contributed by atoms with E-state index in [4.69, 9.17) is 4.74 Å². The molecule has 0 saturated heterocycles. The highest BCUT2D eigenvalue weighted by Crippen LogP contribution is 2.27. The number of ether oxygens (including phenoxy) is 1. The van der Waals surface area contributed by atoms with Gasteiger partial charge < -0.3 is 10.1 Å². The molecule has 2 N–H and O–H groups in total. The van der Waals surface area contributed by atoms with Crippen molar-refractivity contribution in [3.8, 4) is 11.4 Å². The summed E-state index contributed by atoms with van der Waals surface area (Å²) in [6.45, 7) is 2.28. The summed E-state index contributed by atoms with van der Waals surface area (Å²) in [6, 6.07) is 31.7. The summed E-state index contributed by atoms with van der Waals surface area (Å²) in [5.74, 6) is 1.26. The van der Waals surface area contributed by atoms with Crippen LogP contribution in [0, 0.1) is 0 Å². The van der Waals surface area contributed by atoms with E-state index in [1.807, 2.05) is 84.3 Å². The first-order valence-electron chi connectivity index (χ1n) is 12.5. The van der Waals surface area contributed by atoms with Crippen molar-refractivity contribution in [2.45, 2.75) is 23.9 Å². The molecule has 4 aromatic carbocycles. The molecule has 0 aliphatic carbocycles. The van der Waals surface area contributed by atoms with Gasteiger partial charge >= 0.3 is 0 Å². The summed E-state index contributed by atoms with van der Waals surface area (Å²) >= 11 is 1.33. The number of hydrogen-bond donors (Lipinski definition) is 2. The zero-order valence-electron chi connectivity index (χ0n) is 21.6. The maximum atomic E-state index is 12.8. The number of fused-ring (bicyclic) bond motifs is 1. The van der Waals surface area contributed by atoms with Gasteiger partial charge in [0.2, 0.25) is 0 Å². The quantitative estimate of drug-likeness (QED) is 0.136. The van der Waals surface area contributed by atoms with E-state index in [-0.39, 0.29) is 5.91 Å². The van der Waals surface area contributed by atoms with Gasteiger partial charge in [0.05, 0.1) is 25.1 Å². The number of rotatable bonds is 10. The van der Waals surface area contributed by atoms with Crippen LogP contribution in [0.15, 0.2) is 107 Å². The fraction of sp³-hybridized carbons (Fsp3) is 0.133. The number of hydrogen-bond acceptors (Lipinski definition) is 7. The maximum Gasteiger partial charge on any atom is 0.253 e. The van der Waals surface area contributed by atoms with E-state index in [0.717, 1.165) is 39.3 Å². The largest absolute Gasteiger partial charge is 0.497 e. The minimum absolute atomic E-state index is 0.234. The zero-order chi connectivity index (χ0) is 27.0. The van der Waals surface area contributed by atoms with Gasteiger partial charge in [0.1, 0.15) is 5.75 Å². The van der Waals surface area contributed by atoms with Crippen LogP contribution in [-0.2, 0) is 11.3 Å². The first-order valence-corrected chi connectivity index (χ1v) is 13.4. The standard InChI is InChI=1S/C30H28N6O2S/c1-21(29(37)34-32-19-22-15-17-25(38-2)18-16-22)39-30-35-33-28(36(30)24-11-4-3-5-12-24)20-31-27-14-8-10-23-9-6-7-13-26(23)27/h3-19,21,31H,20H2,1-2H3,(H,34,37)/b32-19-/t21-/m1/s1. The van der Waals surface area contributed by atoms with E-state index >= 15 is 0 Å². The van der Waals surface area contributed by atoms with Crippen LogP contribution in [0.2, 0.25) is 0 Å². The molecule has 0 saturated carbocycles. The number of aromatic nitrogens is 3. The molecule has 196 valence electrons. The minimum atomic E-state index is -0.455. The molecule has 1 aromatic heterocycles. The summed E-state index contributed by atoms with van der Waals surface area (Å²) < 4.78 is 7.14. The van der Waals surface area contributed by atoms with E-state index in [2.05, 4.69) is 50.3 Å². The van der Waals surface area contributed by atoms with Gasteiger partial charge in [-0.2, -0.15) is 5.10 Å². The fourth-order valence-electron chi connectivity index (χ4n) is 4.04. The van der Waals surface area contributed by atoms with Crippen LogP contribution < -0.4 is 15.5 Å². The Kier molecular flexibility index (Phi) is 8.18. The first-order chi connectivity index (χ1) is 19.1. The van der Waals surface area contributed by atoms with Gasteiger partial charge in [0, 0.05) is 16.8 Å². The van der Waals surface area contributed by atoms with Crippen LogP contribution in [0.25, 0.3) is 16.5 Å². The second kappa shape index (κ2) is 12.3. The van der Waals surface area contributed by atoms with Gasteiger partial charge in [-0.15, -0.1) is 10.2 Å². The third-order valence-corrected chi connectivity index (χ3v) is 7.14. The number of nitrogens with one attached hydrogen (secondary N) is 2. The lowest BCUT2D eigenvalue weighted by Crippen LogP contribution is -2.27. The third kappa shape index (κ3) is 6.27. The summed E-state index contributed by atoms with van der Waals surface area (Å²) in [7, 11) is 1.62. The Labute approximate surface area is 231 Å². The Balaban J connectivity index is 1.31. The van der Waals surface area contributed by atoms with Gasteiger partial charge in [0.15, 0.2) is 11.0 Å². The summed E-state index contributed by atoms with van der Waals surface area (Å²) in [5, 5.41) is 19.0. The van der Waals surface area contributed by atoms with Crippen LogP contribution in [0.4, 0.5) is 5.69 Å². The summed E-state index contributed by atoms with van der Waals surface area (Å²) in [6.07, 6.45) is 1.60. The fourth-order valence-corrected chi connectivity index (χ4v) is 4.92. The Morgan fingerprint density at radius 2 is 1.72 bits per heavy atom. The SMILES string of the molecule is COc1ccc(/C=N\NC(=O)[C@@H](C)Sc2nnc(CNc3cccc4ccccc34)n2-c2ccccc2)cc1. The first kappa shape index (κ1) is 26.0. The van der Waals surface area contributed by atoms with E-state index in [0.29, 0.717) is 11.7 Å². The molecule has 0 bridgehead atoms. The number of para-hydroxylation sites is 1. The maximum absolute atomic E-state index is 12.8. The lowest BCUT2D eigenvalue weighted by molar-refractivity contribution is -0.120. The Bertz CT molecular complexity index is 1580. The number of carbonyl (C=O) groups excluding carboxylic acids is 1. The molecule has 0 fully saturated rings. The lowest BCUT2D eigenvalue weighted by Gasteiger charge is -2.14. The highest BCUT2D eigenvalue weighted by Gasteiger charge is 2.21. The van der Waals surface area contributed by atoms with Gasteiger partial charge in [-0.3, -0.25) is 9.36 Å². The zero-order valence-corrected chi connectivity index (χ0v) is 22.4. The molecule has 39 heavy (non-hydrogen) atoms. The van der Waals surface area contributed by atoms with Crippen molar-refractivity contribution >= 4 is 40.3 Å². The molecular weight excluding hydrogens is 508 g/mol. The molecule has 0 unspecified atom stereocenters. The molecular formula is C30H28N6O2S. The monoisotopic (exact) mass is 536 g/mol. The molecule has 1 amide bonds. The van der Waals surface area contributed by atoms with Crippen molar-refractivity contribution in [3.63, 3.8) is 0 Å². The second-order valence-electron chi connectivity index (χ2n) is 8.72. The van der Waals surface area contributed by atoms with Gasteiger partial charge in [0.25, 0.3) is 5.91 Å². The Morgan fingerprint density at radius 1 is 0.974 bits per heavy atom. The van der Waals surface area contributed by atoms with Crippen LogP contribution in [0.3, 0.4) is 0 Å². The molecule has 0 aliphatic rings. The average Bonchev–Trinajstić information content (AvgIpc) is 3.38. The molecule has 0 spiro atoms. The predicted octanol–water partition coefficient (Wildman–Crippen LogP) is 5.67. The van der Waals surface area contributed by atoms with E-state index in [9.17, 15) is 4.79 Å². The van der Waals surface area contributed by atoms with Crippen molar-refractivity contribution in [2.75, 3.05) is 12.4 Å². The number of benzene rings is 4. The predicted molar refractivity (Wildman–Crippen MR) is 157 cm³/mol. The van der Waals surface area contributed by atoms with Gasteiger partial charge in [-0.1, -0.05) is 66.4 Å². The molecule has 0 radical (unpaired) electrons. The van der Waals surface area contributed by atoms with E-state index < -0.39 is 5.25 Å². The number of hydrazone groups is 1. The molecule has 1 atom stereocenters. The second-order valence-corrected chi connectivity index (χ2v) is 10.0. The number of nitrogens with zero attached hydrogens (tertiary/aromatic N) is 4. The van der Waals surface area contributed by atoms with Crippen molar-refractivity contribution < 1.29 is 9.53 Å². The molecule has 0 aliphatic heterocycles. The molecule has 9 heteroatoms. The Morgan fingerprint density at radius 3 is 2.51 bits per heavy atom. The van der Waals surface area contributed by atoms with Crippen molar-refractivity contribution in [2.24, 2.45) is 5.10 Å². The van der Waals surface area contributed by atoms with Crippen molar-refractivity contribution in [1.29, 1.82) is 0 Å². The van der Waals surface area contributed by atoms with Crippen LogP contribution in [0.1, 0.15) is 18.3 Å². The van der Waals surface area contributed by atoms with Crippen LogP contribution >= 0.6 is 11.8 Å². The molecule has 5 aromatic rings. The molecule has 8 nitrogen and oxygen atoms in total. The van der Waals surface area contributed by atoms with Gasteiger partial charge in [-0.05, 0) is 60.3 Å². The van der Waals surface area contributed by atoms with Crippen molar-refractivity contribution in [1.82, 2.24) is 20.2 Å². The smallest absolute Gasteiger partial charge is 0.253 e. The highest BCUT2D eigenvalue weighted by molar-refractivity contribution is 8.00. The summed E-state index contributed by atoms with van der Waals surface area (Å²) in [5.41, 5.74) is 5.41. The van der Waals surface area contributed by atoms with Crippen LogP contribution in [0.5, 0.6) is 5.75 Å². The Hall–Kier alpha value is -4.63. The van der Waals surface area contributed by atoms with E-state index in [1.54, 1.807) is 13.3 Å². The number of amides is 1. The van der Waals surface area contributed by atoms with Gasteiger partial charge in [-0.25, -0.2) is 5.43 Å². The number of methoxy groups -OCH3 is 1. The number of thioether (sulfide) groups is 1. The minimum Gasteiger partial charge on any atom is -0.497 e. The molecule has 5 rings (SSSR count).